The lowest BCUT2D eigenvalue weighted by atomic mass is 9.81. The molecule has 2 aliphatic carbocycles. The molecule has 24 heavy (non-hydrogen) atoms. The van der Waals surface area contributed by atoms with Gasteiger partial charge < -0.3 is 21.7 Å². The Balaban J connectivity index is 0.00000208. The molecule has 1 atom stereocenters. The number of fused-ring (bicyclic) bond motifs is 3. The lowest BCUT2D eigenvalue weighted by molar-refractivity contribution is -0.00000630. The molecule has 4 bridgehead atoms. The van der Waals surface area contributed by atoms with E-state index in [2.05, 4.69) is 45.1 Å². The Morgan fingerprint density at radius 1 is 1.04 bits per heavy atom. The fraction of sp³-hybridized carbons (Fsp3) is 0.476. The minimum absolute atomic E-state index is 0. The molecular formula is C21H27BrO2. The third-order valence-corrected chi connectivity index (χ3v) is 4.98. The maximum Gasteiger partial charge on any atom is 0.323 e. The number of allylic oxidation sites excluding steroid dienone is 4. The van der Waals surface area contributed by atoms with Gasteiger partial charge >= 0.3 is 5.78 Å². The zero-order valence-corrected chi connectivity index (χ0v) is 16.6. The predicted molar refractivity (Wildman–Crippen MR) is 96.0 cm³/mol. The first-order valence-electron chi connectivity index (χ1n) is 8.53. The number of benzene rings is 1. The number of aryl methyl sites for hydroxylation is 2. The molecule has 1 unspecified atom stereocenters. The van der Waals surface area contributed by atoms with E-state index in [9.17, 15) is 4.79 Å². The van der Waals surface area contributed by atoms with Gasteiger partial charge in [-0.3, -0.25) is 4.79 Å². The van der Waals surface area contributed by atoms with Crippen LogP contribution in [-0.2, 0) is 18.3 Å². The van der Waals surface area contributed by atoms with E-state index in [1.54, 1.807) is 7.11 Å². The van der Waals surface area contributed by atoms with E-state index in [-0.39, 0.29) is 28.3 Å². The van der Waals surface area contributed by atoms with Crippen molar-refractivity contribution in [3.05, 3.63) is 52.6 Å². The summed E-state index contributed by atoms with van der Waals surface area (Å²) in [5.41, 5.74) is 5.39. The van der Waals surface area contributed by atoms with E-state index in [1.807, 2.05) is 6.08 Å². The summed E-state index contributed by atoms with van der Waals surface area (Å²) >= 11 is 0. The molecule has 0 saturated carbocycles. The minimum Gasteiger partial charge on any atom is -1.00 e. The van der Waals surface area contributed by atoms with Crippen molar-refractivity contribution in [3.63, 3.8) is 0 Å². The second-order valence-corrected chi connectivity index (χ2v) is 7.72. The third-order valence-electron chi connectivity index (χ3n) is 4.98. The first-order valence-corrected chi connectivity index (χ1v) is 8.53. The number of methoxy groups -OCH3 is 1. The smallest absolute Gasteiger partial charge is 0.323 e. The average molecular weight is 391 g/mol. The molecule has 1 aromatic rings. The summed E-state index contributed by atoms with van der Waals surface area (Å²) in [5, 5.41) is 0. The highest BCUT2D eigenvalue weighted by Gasteiger charge is 2.26. The number of hydrogen-bond acceptors (Lipinski definition) is 1. The van der Waals surface area contributed by atoms with Crippen LogP contribution in [0, 0.1) is 5.92 Å². The Morgan fingerprint density at radius 3 is 2.33 bits per heavy atom. The molecule has 0 fully saturated rings. The fourth-order valence-corrected chi connectivity index (χ4v) is 3.52. The SMILES string of the molecule is COc1c2cc(C(C)(C)C)cc1CCC1C=C(C=CC1=[OH+])CC2.[Br-]. The van der Waals surface area contributed by atoms with Gasteiger partial charge in [-0.25, -0.2) is 0 Å². The van der Waals surface area contributed by atoms with E-state index in [0.29, 0.717) is 5.78 Å². The molecule has 0 heterocycles. The molecule has 0 spiro atoms. The summed E-state index contributed by atoms with van der Waals surface area (Å²) in [4.78, 5) is 10.1. The van der Waals surface area contributed by atoms with Crippen molar-refractivity contribution in [2.75, 3.05) is 7.11 Å². The number of ether oxygens (including phenoxy) is 1. The molecule has 0 saturated heterocycles. The van der Waals surface area contributed by atoms with Crippen LogP contribution in [0.3, 0.4) is 0 Å². The van der Waals surface area contributed by atoms with Crippen molar-refractivity contribution < 1.29 is 26.5 Å². The van der Waals surface area contributed by atoms with Crippen molar-refractivity contribution in [2.45, 2.75) is 51.9 Å². The van der Waals surface area contributed by atoms with Gasteiger partial charge in [-0.05, 0) is 47.8 Å². The molecule has 1 aromatic carbocycles. The normalized spacial score (nSPS) is 20.1. The van der Waals surface area contributed by atoms with Crippen LogP contribution < -0.4 is 21.7 Å². The van der Waals surface area contributed by atoms with E-state index < -0.39 is 0 Å². The van der Waals surface area contributed by atoms with Crippen LogP contribution in [0.25, 0.3) is 0 Å². The molecule has 3 heteroatoms. The fourth-order valence-electron chi connectivity index (χ4n) is 3.52. The second-order valence-electron chi connectivity index (χ2n) is 7.72. The summed E-state index contributed by atoms with van der Waals surface area (Å²) in [6, 6.07) is 4.61. The van der Waals surface area contributed by atoms with Crippen LogP contribution in [0.1, 0.15) is 50.3 Å². The highest BCUT2D eigenvalue weighted by molar-refractivity contribution is 5.95. The zero-order valence-electron chi connectivity index (χ0n) is 15.0. The molecule has 3 rings (SSSR count). The van der Waals surface area contributed by atoms with Gasteiger partial charge in [0.05, 0.1) is 13.0 Å². The maximum atomic E-state index is 10.1. The molecule has 0 aromatic heterocycles. The van der Waals surface area contributed by atoms with Crippen LogP contribution in [0.2, 0.25) is 0 Å². The standard InChI is InChI=1S/C21H26O2.BrH/c1-21(2,3)18-12-16-7-5-14-6-10-19(22)15(11-14)8-9-17(13-18)20(16)23-4;/h6,10-13,15H,5,7-9H2,1-4H3;1H. The van der Waals surface area contributed by atoms with E-state index in [4.69, 9.17) is 4.74 Å². The van der Waals surface area contributed by atoms with Crippen LogP contribution >= 0.6 is 0 Å². The molecule has 0 amide bonds. The lowest BCUT2D eigenvalue weighted by Gasteiger charge is -2.25. The van der Waals surface area contributed by atoms with E-state index in [1.165, 1.54) is 22.3 Å². The third kappa shape index (κ3) is 3.83. The van der Waals surface area contributed by atoms with Gasteiger partial charge in [-0.1, -0.05) is 50.6 Å². The van der Waals surface area contributed by atoms with Crippen LogP contribution in [-0.4, -0.2) is 17.7 Å². The summed E-state index contributed by atoms with van der Waals surface area (Å²) in [7, 11) is 1.77. The van der Waals surface area contributed by atoms with Crippen LogP contribution in [0.5, 0.6) is 5.75 Å². The van der Waals surface area contributed by atoms with Gasteiger partial charge in [0, 0.05) is 6.08 Å². The van der Waals surface area contributed by atoms with Crippen molar-refractivity contribution >= 4 is 5.78 Å². The maximum absolute atomic E-state index is 10.1. The number of carbonyl (C=O) groups excluding carboxylic acids is 1. The summed E-state index contributed by atoms with van der Waals surface area (Å²) in [6.45, 7) is 6.77. The lowest BCUT2D eigenvalue weighted by Crippen LogP contribution is -3.00. The zero-order chi connectivity index (χ0) is 16.6. The van der Waals surface area contributed by atoms with Crippen molar-refractivity contribution in [2.24, 2.45) is 5.92 Å². The molecule has 0 radical (unpaired) electrons. The predicted octanol–water partition coefficient (Wildman–Crippen LogP) is 1.53. The van der Waals surface area contributed by atoms with Crippen molar-refractivity contribution in [1.82, 2.24) is 0 Å². The quantitative estimate of drug-likeness (QED) is 0.668. The molecule has 130 valence electrons. The first-order chi connectivity index (χ1) is 10.9. The Kier molecular flexibility index (Phi) is 5.74. The second kappa shape index (κ2) is 7.26. The largest absolute Gasteiger partial charge is 1.00 e. The first kappa shape index (κ1) is 19.0. The number of hydrogen-bond donors (Lipinski definition) is 0. The Morgan fingerprint density at radius 2 is 1.71 bits per heavy atom. The Hall–Kier alpha value is -1.35. The Labute approximate surface area is 155 Å². The highest BCUT2D eigenvalue weighted by Crippen LogP contribution is 2.36. The van der Waals surface area contributed by atoms with Gasteiger partial charge in [-0.15, -0.1) is 0 Å². The van der Waals surface area contributed by atoms with Gasteiger partial charge in [0.25, 0.3) is 0 Å². The summed E-state index contributed by atoms with van der Waals surface area (Å²) in [6.07, 6.45) is 9.96. The molecule has 2 aliphatic rings. The topological polar surface area (TPSA) is 30.6 Å². The number of halogens is 1. The van der Waals surface area contributed by atoms with Crippen molar-refractivity contribution in [3.8, 4) is 5.75 Å². The Bertz CT molecular complexity index is 693. The molecule has 0 aliphatic heterocycles. The molecule has 2 nitrogen and oxygen atoms in total. The number of ketones is 1. The molecular weight excluding hydrogens is 364 g/mol. The van der Waals surface area contributed by atoms with Gasteiger partial charge in [-0.2, -0.15) is 0 Å². The van der Waals surface area contributed by atoms with Gasteiger partial charge in [0.2, 0.25) is 0 Å². The summed E-state index contributed by atoms with van der Waals surface area (Å²) in [5.74, 6) is 1.67. The van der Waals surface area contributed by atoms with Gasteiger partial charge in [0.1, 0.15) is 5.75 Å². The van der Waals surface area contributed by atoms with Gasteiger partial charge in [0.15, 0.2) is 0 Å². The van der Waals surface area contributed by atoms with Crippen molar-refractivity contribution in [1.29, 1.82) is 0 Å². The number of rotatable bonds is 1. The summed E-state index contributed by atoms with van der Waals surface area (Å²) < 4.78 is 5.76. The van der Waals surface area contributed by atoms with Crippen LogP contribution in [0.4, 0.5) is 0 Å². The monoisotopic (exact) mass is 390 g/mol. The van der Waals surface area contributed by atoms with E-state index in [0.717, 1.165) is 31.4 Å². The minimum atomic E-state index is 0. The van der Waals surface area contributed by atoms with E-state index >= 15 is 0 Å². The van der Waals surface area contributed by atoms with Crippen LogP contribution in [0.15, 0.2) is 35.9 Å². The average Bonchev–Trinajstić information content (AvgIpc) is 2.50. The highest BCUT2D eigenvalue weighted by atomic mass is 79.9. The molecule has 1 N–H and O–H groups in total.